The number of ketones is 1. The maximum absolute atomic E-state index is 13.2. The predicted molar refractivity (Wildman–Crippen MR) is 90.3 cm³/mol. The number of Topliss-reactive ketones (excluding diaryl/α,β-unsaturated/α-hetero) is 1. The first kappa shape index (κ1) is 15.2. The number of hydrogen-bond donors (Lipinski definition) is 0. The fourth-order valence-electron chi connectivity index (χ4n) is 7.79. The highest BCUT2D eigenvalue weighted by molar-refractivity contribution is 5.87. The monoisotopic (exact) mass is 302 g/mol. The summed E-state index contributed by atoms with van der Waals surface area (Å²) in [5, 5.41) is 0. The van der Waals surface area contributed by atoms with Gasteiger partial charge in [0, 0.05) is 11.8 Å². The van der Waals surface area contributed by atoms with Crippen LogP contribution in [0.5, 0.6) is 0 Å². The van der Waals surface area contributed by atoms with Crippen molar-refractivity contribution in [2.24, 2.45) is 59.2 Å². The second-order valence-corrected chi connectivity index (χ2v) is 9.62. The molecule has 0 saturated heterocycles. The Morgan fingerprint density at radius 3 is 1.59 bits per heavy atom. The fourth-order valence-corrected chi connectivity index (χ4v) is 7.79. The summed E-state index contributed by atoms with van der Waals surface area (Å²) in [6.45, 7) is 9.24. The Morgan fingerprint density at radius 1 is 0.727 bits per heavy atom. The van der Waals surface area contributed by atoms with Crippen molar-refractivity contribution in [3.63, 3.8) is 0 Å². The SMILES string of the molecule is CC(C)C1C(=O)C(C(C)C)C2C3CCCC4CCCC(C43)C12. The van der Waals surface area contributed by atoms with Gasteiger partial charge >= 0.3 is 0 Å². The van der Waals surface area contributed by atoms with Gasteiger partial charge in [0.15, 0.2) is 0 Å². The molecule has 0 heterocycles. The zero-order valence-corrected chi connectivity index (χ0v) is 14.9. The van der Waals surface area contributed by atoms with Crippen molar-refractivity contribution in [3.05, 3.63) is 0 Å². The molecule has 0 aliphatic heterocycles. The maximum atomic E-state index is 13.2. The van der Waals surface area contributed by atoms with E-state index in [0.717, 1.165) is 35.5 Å². The van der Waals surface area contributed by atoms with E-state index in [-0.39, 0.29) is 0 Å². The third-order valence-electron chi connectivity index (χ3n) is 8.11. The smallest absolute Gasteiger partial charge is 0.140 e. The highest BCUT2D eigenvalue weighted by Gasteiger charge is 2.64. The van der Waals surface area contributed by atoms with Gasteiger partial charge in [-0.3, -0.25) is 4.79 Å². The van der Waals surface area contributed by atoms with Crippen LogP contribution in [0.1, 0.15) is 66.2 Å². The van der Waals surface area contributed by atoms with Crippen LogP contribution in [0, 0.1) is 59.2 Å². The van der Waals surface area contributed by atoms with Crippen molar-refractivity contribution in [1.82, 2.24) is 0 Å². The van der Waals surface area contributed by atoms with Gasteiger partial charge in [0.05, 0.1) is 0 Å². The van der Waals surface area contributed by atoms with Gasteiger partial charge in [0.1, 0.15) is 5.78 Å². The molecule has 0 radical (unpaired) electrons. The van der Waals surface area contributed by atoms with Crippen molar-refractivity contribution in [2.45, 2.75) is 66.2 Å². The highest BCUT2D eigenvalue weighted by Crippen LogP contribution is 2.67. The predicted octanol–water partition coefficient (Wildman–Crippen LogP) is 5.19. The molecule has 6 atom stereocenters. The van der Waals surface area contributed by atoms with E-state index in [1.807, 2.05) is 0 Å². The maximum Gasteiger partial charge on any atom is 0.140 e. The Morgan fingerprint density at radius 2 is 1.18 bits per heavy atom. The number of carbonyl (C=O) groups is 1. The second kappa shape index (κ2) is 5.35. The van der Waals surface area contributed by atoms with Gasteiger partial charge in [-0.2, -0.15) is 0 Å². The minimum atomic E-state index is 0.381. The van der Waals surface area contributed by atoms with Crippen molar-refractivity contribution in [1.29, 1.82) is 0 Å². The van der Waals surface area contributed by atoms with Gasteiger partial charge in [-0.1, -0.05) is 53.4 Å². The van der Waals surface area contributed by atoms with E-state index in [0.29, 0.717) is 29.5 Å². The van der Waals surface area contributed by atoms with Crippen LogP contribution < -0.4 is 0 Å². The van der Waals surface area contributed by atoms with Crippen molar-refractivity contribution >= 4 is 5.78 Å². The lowest BCUT2D eigenvalue weighted by atomic mass is 9.61. The molecule has 4 rings (SSSR count). The Kier molecular flexibility index (Phi) is 3.70. The minimum absolute atomic E-state index is 0.381. The van der Waals surface area contributed by atoms with Crippen LogP contribution in [0.15, 0.2) is 0 Å². The van der Waals surface area contributed by atoms with E-state index in [2.05, 4.69) is 27.7 Å². The van der Waals surface area contributed by atoms with Gasteiger partial charge in [0.2, 0.25) is 0 Å². The summed E-state index contributed by atoms with van der Waals surface area (Å²) in [7, 11) is 0. The lowest BCUT2D eigenvalue weighted by molar-refractivity contribution is -0.128. The fraction of sp³-hybridized carbons (Fsp3) is 0.952. The number of carbonyl (C=O) groups excluding carboxylic acids is 1. The molecule has 4 fully saturated rings. The standard InChI is InChI=1S/C21H34O/c1-11(2)16-19-14-9-5-7-13-8-6-10-15(18(13)14)20(19)17(12(3)4)21(16)22/h11-20H,5-10H2,1-4H3. The van der Waals surface area contributed by atoms with Crippen LogP contribution >= 0.6 is 0 Å². The zero-order chi connectivity index (χ0) is 15.6. The third-order valence-corrected chi connectivity index (χ3v) is 8.11. The zero-order valence-electron chi connectivity index (χ0n) is 14.9. The summed E-state index contributed by atoms with van der Waals surface area (Å²) in [6, 6.07) is 0. The van der Waals surface area contributed by atoms with Crippen molar-refractivity contribution in [3.8, 4) is 0 Å². The number of fused-ring (bicyclic) bond motifs is 3. The molecule has 0 aromatic rings. The van der Waals surface area contributed by atoms with E-state index < -0.39 is 0 Å². The van der Waals surface area contributed by atoms with E-state index >= 15 is 0 Å². The second-order valence-electron chi connectivity index (χ2n) is 9.62. The molecule has 0 aromatic heterocycles. The largest absolute Gasteiger partial charge is 0.299 e. The van der Waals surface area contributed by atoms with Crippen LogP contribution in [-0.2, 0) is 4.79 Å². The summed E-state index contributed by atoms with van der Waals surface area (Å²) in [5.74, 6) is 7.81. The molecule has 0 aromatic carbocycles. The van der Waals surface area contributed by atoms with E-state index in [1.165, 1.54) is 38.5 Å². The summed E-state index contributed by atoms with van der Waals surface area (Å²) in [6.07, 6.45) is 8.72. The van der Waals surface area contributed by atoms with Gasteiger partial charge in [-0.05, 0) is 60.2 Å². The van der Waals surface area contributed by atoms with E-state index in [1.54, 1.807) is 0 Å². The Balaban J connectivity index is 1.77. The molecule has 0 N–H and O–H groups in total. The molecule has 4 aliphatic rings. The van der Waals surface area contributed by atoms with Gasteiger partial charge in [-0.15, -0.1) is 0 Å². The molecule has 124 valence electrons. The Bertz CT molecular complexity index is 413. The van der Waals surface area contributed by atoms with Crippen LogP contribution in [0.2, 0.25) is 0 Å². The van der Waals surface area contributed by atoms with Gasteiger partial charge in [-0.25, -0.2) is 0 Å². The molecule has 4 aliphatic carbocycles. The molecule has 1 nitrogen and oxygen atoms in total. The lowest BCUT2D eigenvalue weighted by Crippen LogP contribution is -2.38. The topological polar surface area (TPSA) is 17.1 Å². The first-order valence-corrected chi connectivity index (χ1v) is 10.1. The highest BCUT2D eigenvalue weighted by atomic mass is 16.1. The molecular weight excluding hydrogens is 268 g/mol. The van der Waals surface area contributed by atoms with Crippen LogP contribution in [0.3, 0.4) is 0 Å². The summed E-state index contributed by atoms with van der Waals surface area (Å²) in [4.78, 5) is 13.2. The Labute approximate surface area is 136 Å². The summed E-state index contributed by atoms with van der Waals surface area (Å²) >= 11 is 0. The van der Waals surface area contributed by atoms with Crippen LogP contribution in [-0.4, -0.2) is 5.78 Å². The first-order valence-electron chi connectivity index (χ1n) is 10.1. The molecule has 22 heavy (non-hydrogen) atoms. The summed E-state index contributed by atoms with van der Waals surface area (Å²) < 4.78 is 0. The van der Waals surface area contributed by atoms with Crippen molar-refractivity contribution in [2.75, 3.05) is 0 Å². The van der Waals surface area contributed by atoms with E-state index in [4.69, 9.17) is 0 Å². The van der Waals surface area contributed by atoms with Gasteiger partial charge in [0.25, 0.3) is 0 Å². The van der Waals surface area contributed by atoms with Crippen LogP contribution in [0.25, 0.3) is 0 Å². The quantitative estimate of drug-likeness (QED) is 0.686. The molecule has 1 heteroatoms. The number of rotatable bonds is 2. The van der Waals surface area contributed by atoms with Gasteiger partial charge < -0.3 is 0 Å². The van der Waals surface area contributed by atoms with Crippen LogP contribution in [0.4, 0.5) is 0 Å². The molecule has 0 amide bonds. The molecule has 6 unspecified atom stereocenters. The lowest BCUT2D eigenvalue weighted by Gasteiger charge is -2.43. The first-order chi connectivity index (χ1) is 10.5. The average Bonchev–Trinajstić information content (AvgIpc) is 2.94. The van der Waals surface area contributed by atoms with E-state index in [9.17, 15) is 4.79 Å². The normalized spacial score (nSPS) is 50.5. The average molecular weight is 303 g/mol. The molecule has 0 bridgehead atoms. The Hall–Kier alpha value is -0.330. The number of hydrogen-bond acceptors (Lipinski definition) is 1. The van der Waals surface area contributed by atoms with Crippen molar-refractivity contribution < 1.29 is 4.79 Å². The molecule has 4 saturated carbocycles. The molecular formula is C21H34O. The summed E-state index contributed by atoms with van der Waals surface area (Å²) in [5.41, 5.74) is 0. The minimum Gasteiger partial charge on any atom is -0.299 e. The molecule has 0 spiro atoms. The third kappa shape index (κ3) is 1.93.